The van der Waals surface area contributed by atoms with Crippen molar-refractivity contribution in [2.45, 2.75) is 125 Å². The predicted octanol–water partition coefficient (Wildman–Crippen LogP) is -9.21. The topological polar surface area (TPSA) is 594 Å². The Balaban J connectivity index is 2.43. The van der Waals surface area contributed by atoms with Crippen molar-refractivity contribution in [3.05, 3.63) is 65.7 Å². The van der Waals surface area contributed by atoms with Gasteiger partial charge in [0.2, 0.25) is 70.9 Å². The lowest BCUT2D eigenvalue weighted by atomic mass is 10.0. The number of phenolic OH excluding ortho intramolecular Hbond substituents is 1. The second kappa shape index (κ2) is 33.7. The van der Waals surface area contributed by atoms with E-state index in [4.69, 9.17) is 40.1 Å². The van der Waals surface area contributed by atoms with E-state index in [0.29, 0.717) is 5.56 Å². The molecule has 0 aliphatic heterocycles. The molecule has 0 heterocycles. The molecule has 2 aromatic rings. The number of carbonyl (C=O) groups excluding carboxylic acids is 12. The second-order valence-electron chi connectivity index (χ2n) is 18.3. The molecule has 0 fully saturated rings. The molecule has 33 nitrogen and oxygen atoms in total. The summed E-state index contributed by atoms with van der Waals surface area (Å²) in [6.07, 6.45) is -6.32. The van der Waals surface area contributed by atoms with Crippen molar-refractivity contribution in [3.8, 4) is 5.75 Å². The fraction of sp³-hybridized carbons (Fsp3) is 0.458. The maximum atomic E-state index is 14.2. The van der Waals surface area contributed by atoms with Crippen molar-refractivity contribution in [2.24, 2.45) is 45.1 Å². The van der Waals surface area contributed by atoms with Gasteiger partial charge in [-0.1, -0.05) is 42.5 Å². The SMILES string of the molecule is C[C@@H](O)[C@H](NC(=O)[C@H](CC(N)=O)NC(=O)[C@H](CC(N)=O)NC(=O)[C@H](Cc1ccc(O)cc1)NC(=O)[C@H](CO)NC(=O)[C@H](CCCN=C(N)N)NC(=O)[C@@H](N)Cc1ccccc1)C(=O)N[C@@H](CC(N)=O)C(=O)N[C@@H](CCC(N)=O)C(=O)O. The zero-order chi connectivity index (χ0) is 61.1. The fourth-order valence-corrected chi connectivity index (χ4v) is 7.34. The van der Waals surface area contributed by atoms with Crippen LogP contribution in [-0.2, 0) is 75.2 Å². The third-order valence-corrected chi connectivity index (χ3v) is 11.5. The highest BCUT2D eigenvalue weighted by molar-refractivity contribution is 6.00. The van der Waals surface area contributed by atoms with Gasteiger partial charge in [0.25, 0.3) is 0 Å². The number of hydrogen-bond donors (Lipinski definition) is 19. The lowest BCUT2D eigenvalue weighted by Gasteiger charge is -2.28. The number of carbonyl (C=O) groups is 13. The van der Waals surface area contributed by atoms with Gasteiger partial charge in [-0.2, -0.15) is 0 Å². The average Bonchev–Trinajstić information content (AvgIpc) is 3.38. The number of hydrogen-bond acceptors (Lipinski definition) is 18. The van der Waals surface area contributed by atoms with Crippen molar-refractivity contribution in [1.82, 2.24) is 42.5 Å². The van der Waals surface area contributed by atoms with Crippen LogP contribution in [0, 0.1) is 0 Å². The van der Waals surface area contributed by atoms with Crippen LogP contribution in [0.3, 0.4) is 0 Å². The summed E-state index contributed by atoms with van der Waals surface area (Å²) in [5, 5.41) is 57.9. The number of amides is 12. The van der Waals surface area contributed by atoms with Crippen LogP contribution in [0.4, 0.5) is 0 Å². The molecule has 0 aromatic heterocycles. The van der Waals surface area contributed by atoms with Crippen molar-refractivity contribution >= 4 is 82.8 Å². The second-order valence-corrected chi connectivity index (χ2v) is 18.3. The first-order chi connectivity index (χ1) is 38.0. The molecule has 444 valence electrons. The number of aliphatic imine (C=N–C) groups is 1. The maximum Gasteiger partial charge on any atom is 0.326 e. The third-order valence-electron chi connectivity index (χ3n) is 11.5. The van der Waals surface area contributed by atoms with E-state index < -0.39 is 182 Å². The number of nitrogens with one attached hydrogen (secondary N) is 8. The van der Waals surface area contributed by atoms with Gasteiger partial charge in [-0.3, -0.25) is 62.5 Å². The van der Waals surface area contributed by atoms with Crippen molar-refractivity contribution in [2.75, 3.05) is 13.2 Å². The number of rotatable bonds is 36. The summed E-state index contributed by atoms with van der Waals surface area (Å²) in [5.74, 6) is -16.5. The molecule has 0 aliphatic rings. The number of carboxylic acid groups (broad SMARTS) is 1. The molecule has 2 rings (SSSR count). The predicted molar refractivity (Wildman–Crippen MR) is 282 cm³/mol. The third kappa shape index (κ3) is 25.2. The molecule has 12 amide bonds. The van der Waals surface area contributed by atoms with Gasteiger partial charge in [0, 0.05) is 19.4 Å². The van der Waals surface area contributed by atoms with Gasteiger partial charge in [-0.05, 0) is 55.9 Å². The minimum Gasteiger partial charge on any atom is -0.508 e. The number of phenols is 1. The monoisotopic (exact) mass is 1140 g/mol. The molecule has 2 aromatic carbocycles. The molecule has 0 unspecified atom stereocenters. The summed E-state index contributed by atoms with van der Waals surface area (Å²) in [5.41, 5.74) is 39.0. The maximum absolute atomic E-state index is 14.2. The smallest absolute Gasteiger partial charge is 0.326 e. The molecule has 26 N–H and O–H groups in total. The first-order valence-corrected chi connectivity index (χ1v) is 24.7. The van der Waals surface area contributed by atoms with Crippen molar-refractivity contribution in [3.63, 3.8) is 0 Å². The molecular weight excluding hydrogens is 1070 g/mol. The standard InChI is InChI=1S/C48H70N16O17/c1-22(66)38(46(79)62-31(19-36(52)70)42(75)58-28(47(80)81)13-14-34(50)68)64-44(77)32(20-37(53)71)61-43(76)30(18-35(51)69)60-41(74)29(17-24-9-11-25(67)12-10-24)59-45(78)33(21-65)63-40(73)27(8-5-15-56-48(54)55)57-39(72)26(49)16-23-6-3-2-4-7-23/h2-4,6-7,9-12,22,26-33,38,65-67H,5,8,13-21,49H2,1H3,(H2,50,68)(H2,51,69)(H2,52,70)(H2,53,71)(H,57,72)(H,58,75)(H,59,78)(H,60,74)(H,61,76)(H,62,79)(H,63,73)(H,64,77)(H,80,81)(H4,54,55,56)/t22-,26+,27+,28+,29+,30+,31+,32+,33+,38+/m1/s1. The lowest BCUT2D eigenvalue weighted by molar-refractivity contribution is -0.143. The van der Waals surface area contributed by atoms with Crippen LogP contribution < -0.4 is 82.7 Å². The zero-order valence-corrected chi connectivity index (χ0v) is 43.8. The highest BCUT2D eigenvalue weighted by atomic mass is 16.4. The summed E-state index contributed by atoms with van der Waals surface area (Å²) in [4.78, 5) is 173. The van der Waals surface area contributed by atoms with E-state index in [1.165, 1.54) is 24.3 Å². The number of primary amides is 4. The summed E-state index contributed by atoms with van der Waals surface area (Å²) in [6.45, 7) is -0.125. The fourth-order valence-electron chi connectivity index (χ4n) is 7.34. The van der Waals surface area contributed by atoms with E-state index in [-0.39, 0.29) is 43.1 Å². The molecule has 0 bridgehead atoms. The summed E-state index contributed by atoms with van der Waals surface area (Å²) in [6, 6.07) is -2.31. The van der Waals surface area contributed by atoms with Crippen LogP contribution >= 0.6 is 0 Å². The van der Waals surface area contributed by atoms with Crippen LogP contribution in [0.5, 0.6) is 5.75 Å². The van der Waals surface area contributed by atoms with E-state index in [2.05, 4.69) is 31.6 Å². The number of benzene rings is 2. The summed E-state index contributed by atoms with van der Waals surface area (Å²) in [7, 11) is 0. The molecule has 0 spiro atoms. The molecule has 0 saturated carbocycles. The van der Waals surface area contributed by atoms with Crippen LogP contribution in [0.25, 0.3) is 0 Å². The highest BCUT2D eigenvalue weighted by Gasteiger charge is 2.37. The van der Waals surface area contributed by atoms with Crippen LogP contribution in [0.15, 0.2) is 59.6 Å². The van der Waals surface area contributed by atoms with Crippen LogP contribution in [0.2, 0.25) is 0 Å². The largest absolute Gasteiger partial charge is 0.508 e. The summed E-state index contributed by atoms with van der Waals surface area (Å²) >= 11 is 0. The minimum atomic E-state index is -2.10. The van der Waals surface area contributed by atoms with Gasteiger partial charge in [0.05, 0.1) is 38.0 Å². The Bertz CT molecular complexity index is 2600. The molecule has 33 heteroatoms. The lowest BCUT2D eigenvalue weighted by Crippen LogP contribution is -2.62. The Morgan fingerprint density at radius 1 is 0.494 bits per heavy atom. The van der Waals surface area contributed by atoms with E-state index >= 15 is 0 Å². The molecular formula is C48H70N16O17. The number of nitrogens with zero attached hydrogens (tertiary/aromatic N) is 1. The number of aliphatic hydroxyl groups is 2. The number of carboxylic acids is 1. The highest BCUT2D eigenvalue weighted by Crippen LogP contribution is 2.13. The molecule has 81 heavy (non-hydrogen) atoms. The van der Waals surface area contributed by atoms with Crippen LogP contribution in [0.1, 0.15) is 63.0 Å². The number of nitrogens with two attached hydrogens (primary N) is 7. The molecule has 0 saturated heterocycles. The minimum absolute atomic E-state index is 0.0137. The Morgan fingerprint density at radius 2 is 0.914 bits per heavy atom. The zero-order valence-electron chi connectivity index (χ0n) is 43.8. The van der Waals surface area contributed by atoms with Gasteiger partial charge < -0.3 is 103 Å². The number of aromatic hydroxyl groups is 1. The van der Waals surface area contributed by atoms with E-state index in [1.54, 1.807) is 30.3 Å². The number of aliphatic hydroxyl groups excluding tert-OH is 2. The molecule has 0 aliphatic carbocycles. The van der Waals surface area contributed by atoms with Crippen molar-refractivity contribution in [1.29, 1.82) is 0 Å². The summed E-state index contributed by atoms with van der Waals surface area (Å²) < 4.78 is 0. The molecule has 10 atom stereocenters. The van der Waals surface area contributed by atoms with Gasteiger partial charge in [-0.15, -0.1) is 0 Å². The van der Waals surface area contributed by atoms with Crippen LogP contribution in [-0.4, -0.2) is 177 Å². The van der Waals surface area contributed by atoms with Gasteiger partial charge in [-0.25, -0.2) is 4.79 Å². The Kier molecular flexibility index (Phi) is 28.1. The number of aliphatic carboxylic acids is 1. The average molecular weight is 1140 g/mol. The Morgan fingerprint density at radius 3 is 1.38 bits per heavy atom. The first kappa shape index (κ1) is 67.6. The normalized spacial score (nSPS) is 14.5. The van der Waals surface area contributed by atoms with Gasteiger partial charge in [0.1, 0.15) is 54.1 Å². The van der Waals surface area contributed by atoms with E-state index in [9.17, 15) is 82.8 Å². The first-order valence-electron chi connectivity index (χ1n) is 24.7. The Labute approximate surface area is 462 Å². The van der Waals surface area contributed by atoms with Gasteiger partial charge in [0.15, 0.2) is 5.96 Å². The Hall–Kier alpha value is -9.50. The molecule has 0 radical (unpaired) electrons. The quantitative estimate of drug-likeness (QED) is 0.0171. The number of guanidine groups is 1. The van der Waals surface area contributed by atoms with E-state index in [0.717, 1.165) is 6.92 Å². The van der Waals surface area contributed by atoms with E-state index in [1.807, 2.05) is 16.0 Å². The van der Waals surface area contributed by atoms with Gasteiger partial charge >= 0.3 is 5.97 Å². The van der Waals surface area contributed by atoms with Crippen molar-refractivity contribution < 1.29 is 82.8 Å².